The molecule has 1 fully saturated rings. The quantitative estimate of drug-likeness (QED) is 0.849. The number of nitrogen functional groups attached to an aromatic ring is 1. The summed E-state index contributed by atoms with van der Waals surface area (Å²) in [6.45, 7) is 3.43. The lowest BCUT2D eigenvalue weighted by Crippen LogP contribution is -2.18. The van der Waals surface area contributed by atoms with Crippen LogP contribution in [0.2, 0.25) is 0 Å². The van der Waals surface area contributed by atoms with Crippen LogP contribution in [-0.2, 0) is 6.54 Å². The number of hydrogen-bond acceptors (Lipinski definition) is 2. The maximum atomic E-state index is 5.80. The lowest BCUT2D eigenvalue weighted by molar-refractivity contribution is 0.249. The van der Waals surface area contributed by atoms with Gasteiger partial charge < -0.3 is 10.3 Å². The van der Waals surface area contributed by atoms with Crippen LogP contribution in [0, 0.1) is 11.8 Å². The Morgan fingerprint density at radius 3 is 2.68 bits per heavy atom. The molecule has 2 aromatic rings. The van der Waals surface area contributed by atoms with Crippen molar-refractivity contribution in [2.75, 3.05) is 5.73 Å². The highest BCUT2D eigenvalue weighted by Crippen LogP contribution is 2.32. The van der Waals surface area contributed by atoms with Crippen LogP contribution in [-0.4, -0.2) is 9.55 Å². The van der Waals surface area contributed by atoms with Crippen molar-refractivity contribution in [3.63, 3.8) is 0 Å². The summed E-state index contributed by atoms with van der Waals surface area (Å²) in [5.41, 5.74) is 8.82. The number of fused-ring (bicyclic) bond motifs is 1. The van der Waals surface area contributed by atoms with Crippen molar-refractivity contribution in [1.29, 1.82) is 0 Å². The van der Waals surface area contributed by atoms with Gasteiger partial charge >= 0.3 is 0 Å². The lowest BCUT2D eigenvalue weighted by atomic mass is 9.81. The maximum absolute atomic E-state index is 5.80. The first-order valence-corrected chi connectivity index (χ1v) is 7.46. The standard InChI is InChI=1S/C16H23N3/c1-2-12-3-5-13(6-4-12)10-19-11-18-15-9-14(17)7-8-16(15)19/h7-9,11-13H,2-6,10,17H2,1H3. The third kappa shape index (κ3) is 2.60. The van der Waals surface area contributed by atoms with Crippen LogP contribution in [0.25, 0.3) is 11.0 Å². The highest BCUT2D eigenvalue weighted by atomic mass is 15.0. The molecule has 102 valence electrons. The van der Waals surface area contributed by atoms with Gasteiger partial charge in [0.1, 0.15) is 0 Å². The van der Waals surface area contributed by atoms with Gasteiger partial charge in [0.2, 0.25) is 0 Å². The van der Waals surface area contributed by atoms with E-state index in [-0.39, 0.29) is 0 Å². The second-order valence-electron chi connectivity index (χ2n) is 5.94. The number of rotatable bonds is 3. The second kappa shape index (κ2) is 5.24. The summed E-state index contributed by atoms with van der Waals surface area (Å²) in [5.74, 6) is 1.79. The molecular weight excluding hydrogens is 234 g/mol. The highest BCUT2D eigenvalue weighted by molar-refractivity contribution is 5.78. The molecule has 1 aromatic heterocycles. The van der Waals surface area contributed by atoms with Crippen molar-refractivity contribution in [2.45, 2.75) is 45.6 Å². The van der Waals surface area contributed by atoms with Crippen molar-refractivity contribution < 1.29 is 0 Å². The van der Waals surface area contributed by atoms with E-state index < -0.39 is 0 Å². The average molecular weight is 257 g/mol. The van der Waals surface area contributed by atoms with Crippen LogP contribution in [0.3, 0.4) is 0 Å². The topological polar surface area (TPSA) is 43.8 Å². The van der Waals surface area contributed by atoms with Crippen LogP contribution in [0.1, 0.15) is 39.0 Å². The van der Waals surface area contributed by atoms with E-state index in [1.54, 1.807) is 0 Å². The van der Waals surface area contributed by atoms with Gasteiger partial charge in [-0.2, -0.15) is 0 Å². The number of nitrogens with two attached hydrogens (primary N) is 1. The minimum Gasteiger partial charge on any atom is -0.399 e. The van der Waals surface area contributed by atoms with Crippen molar-refractivity contribution in [3.05, 3.63) is 24.5 Å². The minimum atomic E-state index is 0.793. The summed E-state index contributed by atoms with van der Waals surface area (Å²) in [7, 11) is 0. The molecule has 0 amide bonds. The highest BCUT2D eigenvalue weighted by Gasteiger charge is 2.20. The van der Waals surface area contributed by atoms with E-state index in [9.17, 15) is 0 Å². The number of imidazole rings is 1. The Bertz CT molecular complexity index is 550. The zero-order valence-corrected chi connectivity index (χ0v) is 11.7. The molecule has 0 saturated heterocycles. The van der Waals surface area contributed by atoms with E-state index in [1.165, 1.54) is 37.6 Å². The first-order valence-electron chi connectivity index (χ1n) is 7.46. The number of aromatic nitrogens is 2. The van der Waals surface area contributed by atoms with Crippen LogP contribution in [0.5, 0.6) is 0 Å². The maximum Gasteiger partial charge on any atom is 0.0958 e. The molecule has 3 heteroatoms. The molecule has 0 radical (unpaired) electrons. The van der Waals surface area contributed by atoms with Gasteiger partial charge in [-0.05, 0) is 42.9 Å². The first-order chi connectivity index (χ1) is 9.26. The van der Waals surface area contributed by atoms with Crippen molar-refractivity contribution in [1.82, 2.24) is 9.55 Å². The Morgan fingerprint density at radius 2 is 1.95 bits per heavy atom. The Kier molecular flexibility index (Phi) is 3.45. The molecule has 1 aliphatic rings. The number of benzene rings is 1. The van der Waals surface area contributed by atoms with Gasteiger partial charge in [-0.15, -0.1) is 0 Å². The molecular formula is C16H23N3. The smallest absolute Gasteiger partial charge is 0.0958 e. The Balaban J connectivity index is 1.72. The van der Waals surface area contributed by atoms with Crippen LogP contribution in [0.15, 0.2) is 24.5 Å². The van der Waals surface area contributed by atoms with Crippen LogP contribution in [0.4, 0.5) is 5.69 Å². The van der Waals surface area contributed by atoms with E-state index in [0.717, 1.165) is 29.6 Å². The fraction of sp³-hybridized carbons (Fsp3) is 0.562. The Morgan fingerprint density at radius 1 is 1.21 bits per heavy atom. The predicted octanol–water partition coefficient (Wildman–Crippen LogP) is 3.83. The molecule has 1 aliphatic carbocycles. The summed E-state index contributed by atoms with van der Waals surface area (Å²) in [6.07, 6.45) is 8.86. The summed E-state index contributed by atoms with van der Waals surface area (Å²) in [6, 6.07) is 6.02. The van der Waals surface area contributed by atoms with E-state index in [1.807, 2.05) is 18.5 Å². The van der Waals surface area contributed by atoms with E-state index in [2.05, 4.69) is 22.5 Å². The van der Waals surface area contributed by atoms with Gasteiger partial charge in [0.05, 0.1) is 17.4 Å². The lowest BCUT2D eigenvalue weighted by Gasteiger charge is -2.28. The van der Waals surface area contributed by atoms with Gasteiger partial charge in [0, 0.05) is 12.2 Å². The fourth-order valence-electron chi connectivity index (χ4n) is 3.33. The van der Waals surface area contributed by atoms with Gasteiger partial charge in [0.15, 0.2) is 0 Å². The second-order valence-corrected chi connectivity index (χ2v) is 5.94. The molecule has 0 aliphatic heterocycles. The summed E-state index contributed by atoms with van der Waals surface area (Å²) in [4.78, 5) is 4.46. The summed E-state index contributed by atoms with van der Waals surface area (Å²) >= 11 is 0. The molecule has 1 saturated carbocycles. The number of nitrogens with zero attached hydrogens (tertiary/aromatic N) is 2. The fourth-order valence-corrected chi connectivity index (χ4v) is 3.33. The molecule has 0 atom stereocenters. The van der Waals surface area contributed by atoms with E-state index in [4.69, 9.17) is 5.73 Å². The average Bonchev–Trinajstić information content (AvgIpc) is 2.82. The molecule has 0 spiro atoms. The number of hydrogen-bond donors (Lipinski definition) is 1. The van der Waals surface area contributed by atoms with Gasteiger partial charge in [-0.25, -0.2) is 4.98 Å². The summed E-state index contributed by atoms with van der Waals surface area (Å²) < 4.78 is 2.30. The molecule has 3 rings (SSSR count). The molecule has 1 aromatic carbocycles. The van der Waals surface area contributed by atoms with Crippen LogP contribution >= 0.6 is 0 Å². The van der Waals surface area contributed by atoms with Crippen molar-refractivity contribution in [3.8, 4) is 0 Å². The summed E-state index contributed by atoms with van der Waals surface area (Å²) in [5, 5.41) is 0. The Hall–Kier alpha value is -1.51. The molecule has 0 bridgehead atoms. The van der Waals surface area contributed by atoms with Gasteiger partial charge in [-0.1, -0.05) is 26.2 Å². The van der Waals surface area contributed by atoms with Gasteiger partial charge in [0.25, 0.3) is 0 Å². The largest absolute Gasteiger partial charge is 0.399 e. The Labute approximate surface area is 114 Å². The van der Waals surface area contributed by atoms with E-state index >= 15 is 0 Å². The normalized spacial score (nSPS) is 23.8. The monoisotopic (exact) mass is 257 g/mol. The zero-order valence-electron chi connectivity index (χ0n) is 11.7. The van der Waals surface area contributed by atoms with Gasteiger partial charge in [-0.3, -0.25) is 0 Å². The SMILES string of the molecule is CCC1CCC(Cn2cnc3cc(N)ccc32)CC1. The zero-order chi connectivity index (χ0) is 13.2. The van der Waals surface area contributed by atoms with E-state index in [0.29, 0.717) is 0 Å². The van der Waals surface area contributed by atoms with Crippen LogP contribution < -0.4 is 5.73 Å². The molecule has 0 unspecified atom stereocenters. The molecule has 19 heavy (non-hydrogen) atoms. The first kappa shape index (κ1) is 12.5. The third-order valence-corrected chi connectivity index (χ3v) is 4.64. The minimum absolute atomic E-state index is 0.793. The predicted molar refractivity (Wildman–Crippen MR) is 79.9 cm³/mol. The van der Waals surface area contributed by atoms with Crippen molar-refractivity contribution >= 4 is 16.7 Å². The molecule has 3 nitrogen and oxygen atoms in total. The molecule has 1 heterocycles. The third-order valence-electron chi connectivity index (χ3n) is 4.64. The number of anilines is 1. The molecule has 2 N–H and O–H groups in total. The van der Waals surface area contributed by atoms with Crippen molar-refractivity contribution in [2.24, 2.45) is 11.8 Å².